The number of benzene rings is 1. The number of hydrogen-bond acceptors (Lipinski definition) is 1. The maximum absolute atomic E-state index is 3.76. The van der Waals surface area contributed by atoms with Crippen LogP contribution in [0, 0.1) is 0 Å². The van der Waals surface area contributed by atoms with Gasteiger partial charge in [-0.25, -0.2) is 0 Å². The van der Waals surface area contributed by atoms with Crippen LogP contribution in [0.25, 0.3) is 10.9 Å². The molecule has 1 N–H and O–H groups in total. The van der Waals surface area contributed by atoms with E-state index in [1.54, 1.807) is 0 Å². The van der Waals surface area contributed by atoms with E-state index in [0.29, 0.717) is 0 Å². The van der Waals surface area contributed by atoms with Gasteiger partial charge in [-0.2, -0.15) is 0 Å². The van der Waals surface area contributed by atoms with E-state index in [-0.39, 0.29) is 0 Å². The van der Waals surface area contributed by atoms with Gasteiger partial charge in [0.05, 0.1) is 0 Å². The summed E-state index contributed by atoms with van der Waals surface area (Å²) in [6, 6.07) is 8.81. The van der Waals surface area contributed by atoms with Crippen molar-refractivity contribution in [2.24, 2.45) is 0 Å². The summed E-state index contributed by atoms with van der Waals surface area (Å²) in [5.41, 5.74) is 2.64. The Hall–Kier alpha value is -1.54. The molecular weight excluding hydrogens is 196 g/mol. The molecule has 0 radical (unpaired) electrons. The molecule has 0 saturated carbocycles. The van der Waals surface area contributed by atoms with Crippen molar-refractivity contribution in [1.82, 2.24) is 9.88 Å². The van der Waals surface area contributed by atoms with Gasteiger partial charge in [0.15, 0.2) is 0 Å². The summed E-state index contributed by atoms with van der Waals surface area (Å²) in [4.78, 5) is 0. The molecule has 0 amide bonds. The third kappa shape index (κ3) is 2.17. The van der Waals surface area contributed by atoms with Crippen LogP contribution >= 0.6 is 0 Å². The molecule has 0 unspecified atom stereocenters. The van der Waals surface area contributed by atoms with Crippen molar-refractivity contribution in [3.8, 4) is 0 Å². The largest absolute Gasteiger partial charge is 0.347 e. The summed E-state index contributed by atoms with van der Waals surface area (Å²) in [6.45, 7) is 5.69. The third-order valence-electron chi connectivity index (χ3n) is 2.79. The second-order valence-electron chi connectivity index (χ2n) is 4.01. The Labute approximate surface area is 96.6 Å². The van der Waals surface area contributed by atoms with E-state index in [2.05, 4.69) is 46.9 Å². The first-order valence-corrected chi connectivity index (χ1v) is 5.68. The zero-order chi connectivity index (χ0) is 11.4. The Morgan fingerprint density at radius 2 is 2.25 bits per heavy atom. The monoisotopic (exact) mass is 214 g/mol. The van der Waals surface area contributed by atoms with Crippen molar-refractivity contribution in [2.75, 3.05) is 7.05 Å². The highest BCUT2D eigenvalue weighted by atomic mass is 14.9. The molecule has 16 heavy (non-hydrogen) atoms. The molecule has 1 heterocycles. The molecule has 0 saturated heterocycles. The lowest BCUT2D eigenvalue weighted by Crippen LogP contribution is -2.04. The molecule has 2 heteroatoms. The summed E-state index contributed by atoms with van der Waals surface area (Å²) in [5.74, 6) is 0. The molecule has 2 nitrogen and oxygen atoms in total. The smallest absolute Gasteiger partial charge is 0.0480 e. The highest BCUT2D eigenvalue weighted by molar-refractivity contribution is 5.80. The summed E-state index contributed by atoms with van der Waals surface area (Å²) < 4.78 is 2.28. The first-order valence-electron chi connectivity index (χ1n) is 5.68. The summed E-state index contributed by atoms with van der Waals surface area (Å²) in [5, 5.41) is 4.49. The van der Waals surface area contributed by atoms with Gasteiger partial charge in [-0.3, -0.25) is 0 Å². The van der Waals surface area contributed by atoms with E-state index in [4.69, 9.17) is 0 Å². The second kappa shape index (κ2) is 4.99. The molecule has 2 aromatic rings. The third-order valence-corrected chi connectivity index (χ3v) is 2.79. The Morgan fingerprint density at radius 1 is 1.38 bits per heavy atom. The molecular formula is C14H18N2. The average molecular weight is 214 g/mol. The molecule has 1 aromatic heterocycles. The molecule has 0 atom stereocenters. The fourth-order valence-corrected chi connectivity index (χ4v) is 1.99. The predicted octanol–water partition coefficient (Wildman–Crippen LogP) is 2.94. The minimum Gasteiger partial charge on any atom is -0.347 e. The summed E-state index contributed by atoms with van der Waals surface area (Å²) in [6.07, 6.45) is 5.13. The fraction of sp³-hybridized carbons (Fsp3) is 0.286. The highest BCUT2D eigenvalue weighted by Gasteiger charge is 2.01. The molecule has 84 valence electrons. The standard InChI is InChI=1S/C14H18N2/c1-3-4-8-16-9-7-13-10-12(11-15-2)5-6-14(13)16/h3,5-7,9-10,15H,1,4,8,11H2,2H3. The Bertz CT molecular complexity index is 482. The van der Waals surface area contributed by atoms with E-state index in [1.165, 1.54) is 16.5 Å². The zero-order valence-electron chi connectivity index (χ0n) is 9.74. The van der Waals surface area contributed by atoms with Crippen molar-refractivity contribution in [3.05, 3.63) is 48.7 Å². The van der Waals surface area contributed by atoms with Crippen LogP contribution in [-0.4, -0.2) is 11.6 Å². The van der Waals surface area contributed by atoms with Crippen LogP contribution in [0.1, 0.15) is 12.0 Å². The summed E-state index contributed by atoms with van der Waals surface area (Å²) in [7, 11) is 1.97. The van der Waals surface area contributed by atoms with E-state index < -0.39 is 0 Å². The van der Waals surface area contributed by atoms with E-state index in [1.807, 2.05) is 13.1 Å². The van der Waals surface area contributed by atoms with Gasteiger partial charge in [-0.1, -0.05) is 12.1 Å². The van der Waals surface area contributed by atoms with Gasteiger partial charge in [0.1, 0.15) is 0 Å². The van der Waals surface area contributed by atoms with Crippen LogP contribution in [0.2, 0.25) is 0 Å². The number of fused-ring (bicyclic) bond motifs is 1. The topological polar surface area (TPSA) is 17.0 Å². The first-order chi connectivity index (χ1) is 7.85. The molecule has 0 fully saturated rings. The number of nitrogens with one attached hydrogen (secondary N) is 1. The van der Waals surface area contributed by atoms with Crippen LogP contribution in [0.15, 0.2) is 43.1 Å². The zero-order valence-corrected chi connectivity index (χ0v) is 9.74. The first kappa shape index (κ1) is 11.0. The molecule has 0 spiro atoms. The quantitative estimate of drug-likeness (QED) is 0.757. The van der Waals surface area contributed by atoms with Gasteiger partial charge in [-0.15, -0.1) is 6.58 Å². The molecule has 0 aliphatic carbocycles. The predicted molar refractivity (Wildman–Crippen MR) is 69.5 cm³/mol. The van der Waals surface area contributed by atoms with E-state index in [0.717, 1.165) is 19.5 Å². The molecule has 0 bridgehead atoms. The van der Waals surface area contributed by atoms with Gasteiger partial charge in [-0.05, 0) is 42.6 Å². The lowest BCUT2D eigenvalue weighted by molar-refractivity contribution is 0.739. The van der Waals surface area contributed by atoms with E-state index >= 15 is 0 Å². The minimum atomic E-state index is 0.924. The maximum Gasteiger partial charge on any atom is 0.0480 e. The van der Waals surface area contributed by atoms with Gasteiger partial charge < -0.3 is 9.88 Å². The molecule has 0 aliphatic rings. The number of rotatable bonds is 5. The van der Waals surface area contributed by atoms with Crippen molar-refractivity contribution >= 4 is 10.9 Å². The van der Waals surface area contributed by atoms with E-state index in [9.17, 15) is 0 Å². The minimum absolute atomic E-state index is 0.924. The molecule has 1 aromatic carbocycles. The Morgan fingerprint density at radius 3 is 3.00 bits per heavy atom. The lowest BCUT2D eigenvalue weighted by Gasteiger charge is -2.04. The van der Waals surface area contributed by atoms with Crippen LogP contribution in [0.5, 0.6) is 0 Å². The molecule has 0 aliphatic heterocycles. The van der Waals surface area contributed by atoms with Crippen LogP contribution in [-0.2, 0) is 13.1 Å². The average Bonchev–Trinajstić information content (AvgIpc) is 2.69. The summed E-state index contributed by atoms with van der Waals surface area (Å²) >= 11 is 0. The van der Waals surface area contributed by atoms with Crippen molar-refractivity contribution in [1.29, 1.82) is 0 Å². The Kier molecular flexibility index (Phi) is 3.42. The van der Waals surface area contributed by atoms with Gasteiger partial charge in [0.25, 0.3) is 0 Å². The number of hydrogen-bond donors (Lipinski definition) is 1. The van der Waals surface area contributed by atoms with Crippen molar-refractivity contribution < 1.29 is 0 Å². The number of aromatic nitrogens is 1. The number of nitrogens with zero attached hydrogens (tertiary/aromatic N) is 1. The lowest BCUT2D eigenvalue weighted by atomic mass is 10.1. The second-order valence-corrected chi connectivity index (χ2v) is 4.01. The van der Waals surface area contributed by atoms with Gasteiger partial charge in [0, 0.05) is 24.8 Å². The van der Waals surface area contributed by atoms with Crippen LogP contribution < -0.4 is 5.32 Å². The highest BCUT2D eigenvalue weighted by Crippen LogP contribution is 2.18. The molecule has 2 rings (SSSR count). The van der Waals surface area contributed by atoms with Crippen molar-refractivity contribution in [2.45, 2.75) is 19.5 Å². The van der Waals surface area contributed by atoms with Crippen molar-refractivity contribution in [3.63, 3.8) is 0 Å². The van der Waals surface area contributed by atoms with Gasteiger partial charge in [0.2, 0.25) is 0 Å². The Balaban J connectivity index is 2.30. The fourth-order valence-electron chi connectivity index (χ4n) is 1.99. The normalized spacial score (nSPS) is 10.8. The number of aryl methyl sites for hydroxylation is 1. The van der Waals surface area contributed by atoms with Crippen LogP contribution in [0.3, 0.4) is 0 Å². The maximum atomic E-state index is 3.76. The van der Waals surface area contributed by atoms with Crippen LogP contribution in [0.4, 0.5) is 0 Å². The SMILES string of the molecule is C=CCCn1ccc2cc(CNC)ccc21. The van der Waals surface area contributed by atoms with Gasteiger partial charge >= 0.3 is 0 Å². The number of allylic oxidation sites excluding steroid dienone is 1.